The maximum atomic E-state index is 5.82. The third-order valence-electron chi connectivity index (χ3n) is 1.44. The topological polar surface area (TPSA) is 26.1 Å². The van der Waals surface area contributed by atoms with Gasteiger partial charge in [0, 0.05) is 19.1 Å². The van der Waals surface area contributed by atoms with Gasteiger partial charge in [0.2, 0.25) is 0 Å². The summed E-state index contributed by atoms with van der Waals surface area (Å²) in [4.78, 5) is 0. The Morgan fingerprint density at radius 1 is 1.62 bits per heavy atom. The molecule has 8 heavy (non-hydrogen) atoms. The normalized spacial score (nSPS) is 38.2. The molecule has 1 N–H and O–H groups in total. The Balaban J connectivity index is 2.30. The van der Waals surface area contributed by atoms with Crippen LogP contribution < -0.4 is 10.6 Å². The Morgan fingerprint density at radius 2 is 2.38 bits per heavy atom. The lowest BCUT2D eigenvalue weighted by Gasteiger charge is -2.08. The molecule has 2 atom stereocenters. The largest absolute Gasteiger partial charge is 0.314 e. The van der Waals surface area contributed by atoms with Crippen molar-refractivity contribution in [3.63, 3.8) is 0 Å². The first kappa shape index (κ1) is 6.33. The molecule has 0 aromatic heterocycles. The fraction of sp³-hybridized carbons (Fsp3) is 1.00. The van der Waals surface area contributed by atoms with E-state index < -0.39 is 0 Å². The smallest absolute Gasteiger partial charge is 0.0643 e. The fourth-order valence-electron chi connectivity index (χ4n) is 0.851. The summed E-state index contributed by atoms with van der Waals surface area (Å²) in [5, 5.41) is 7.43. The summed E-state index contributed by atoms with van der Waals surface area (Å²) in [7, 11) is 1.92. The van der Waals surface area contributed by atoms with Crippen molar-refractivity contribution in [1.82, 2.24) is 10.6 Å². The summed E-state index contributed by atoms with van der Waals surface area (Å²) in [6.45, 7) is 1.69. The SMILES string of the molecule is CNC1C[N]CC1Cl. The highest BCUT2D eigenvalue weighted by Gasteiger charge is 2.23. The maximum absolute atomic E-state index is 5.82. The molecule has 0 aromatic carbocycles. The van der Waals surface area contributed by atoms with Crippen LogP contribution in [0.2, 0.25) is 0 Å². The van der Waals surface area contributed by atoms with Gasteiger partial charge < -0.3 is 5.32 Å². The second-order valence-corrected chi connectivity index (χ2v) is 2.56. The van der Waals surface area contributed by atoms with Gasteiger partial charge in [-0.3, -0.25) is 0 Å². The van der Waals surface area contributed by atoms with Crippen molar-refractivity contribution in [2.75, 3.05) is 20.1 Å². The third kappa shape index (κ3) is 1.13. The van der Waals surface area contributed by atoms with Crippen LogP contribution in [0.25, 0.3) is 0 Å². The van der Waals surface area contributed by atoms with E-state index in [1.54, 1.807) is 0 Å². The number of halogens is 1. The number of hydrogen-bond acceptors (Lipinski definition) is 1. The number of rotatable bonds is 1. The molecule has 2 unspecified atom stereocenters. The predicted octanol–water partition coefficient (Wildman–Crippen LogP) is -0.200. The molecule has 3 heteroatoms. The van der Waals surface area contributed by atoms with E-state index in [9.17, 15) is 0 Å². The van der Waals surface area contributed by atoms with Crippen LogP contribution in [-0.4, -0.2) is 31.6 Å². The van der Waals surface area contributed by atoms with Crippen LogP contribution in [0.5, 0.6) is 0 Å². The molecule has 1 aliphatic rings. The second-order valence-electron chi connectivity index (χ2n) is 2.00. The minimum atomic E-state index is 0.222. The molecule has 0 aromatic rings. The Labute approximate surface area is 54.6 Å². The molecular formula is C5H10ClN2. The van der Waals surface area contributed by atoms with E-state index in [1.807, 2.05) is 7.05 Å². The number of likely N-dealkylation sites (N-methyl/N-ethyl adjacent to an activating group) is 1. The van der Waals surface area contributed by atoms with Crippen LogP contribution in [-0.2, 0) is 0 Å². The Morgan fingerprint density at radius 3 is 2.62 bits per heavy atom. The summed E-state index contributed by atoms with van der Waals surface area (Å²) in [5.41, 5.74) is 0. The Hall–Kier alpha value is 0.210. The van der Waals surface area contributed by atoms with Crippen molar-refractivity contribution < 1.29 is 0 Å². The van der Waals surface area contributed by atoms with Crippen molar-refractivity contribution >= 4 is 11.6 Å². The van der Waals surface area contributed by atoms with Gasteiger partial charge in [-0.05, 0) is 7.05 Å². The minimum absolute atomic E-state index is 0.222. The lowest BCUT2D eigenvalue weighted by atomic mass is 10.3. The van der Waals surface area contributed by atoms with E-state index >= 15 is 0 Å². The fourth-order valence-corrected chi connectivity index (χ4v) is 1.15. The molecule has 47 valence electrons. The van der Waals surface area contributed by atoms with Gasteiger partial charge in [-0.1, -0.05) is 0 Å². The lowest BCUT2D eigenvalue weighted by molar-refractivity contribution is 0.614. The number of alkyl halides is 1. The average Bonchev–Trinajstić information content (AvgIpc) is 2.14. The number of nitrogens with one attached hydrogen (secondary N) is 1. The van der Waals surface area contributed by atoms with Crippen LogP contribution in [0.4, 0.5) is 0 Å². The molecule has 1 heterocycles. The highest BCUT2D eigenvalue weighted by molar-refractivity contribution is 6.21. The van der Waals surface area contributed by atoms with E-state index in [4.69, 9.17) is 11.6 Å². The third-order valence-corrected chi connectivity index (χ3v) is 1.88. The van der Waals surface area contributed by atoms with Crippen molar-refractivity contribution in [1.29, 1.82) is 0 Å². The van der Waals surface area contributed by atoms with Crippen LogP contribution in [0.3, 0.4) is 0 Å². The first-order valence-electron chi connectivity index (χ1n) is 2.79. The molecule has 2 nitrogen and oxygen atoms in total. The zero-order chi connectivity index (χ0) is 5.98. The molecular weight excluding hydrogens is 124 g/mol. The van der Waals surface area contributed by atoms with Crippen molar-refractivity contribution in [2.24, 2.45) is 0 Å². The molecule has 1 saturated heterocycles. The summed E-state index contributed by atoms with van der Waals surface area (Å²) in [5.74, 6) is 0. The molecule has 0 aliphatic carbocycles. The summed E-state index contributed by atoms with van der Waals surface area (Å²) in [6, 6.07) is 0.414. The van der Waals surface area contributed by atoms with Crippen molar-refractivity contribution in [2.45, 2.75) is 11.4 Å². The van der Waals surface area contributed by atoms with Gasteiger partial charge >= 0.3 is 0 Å². The molecule has 1 fully saturated rings. The monoisotopic (exact) mass is 133 g/mol. The lowest BCUT2D eigenvalue weighted by Crippen LogP contribution is -2.32. The molecule has 0 spiro atoms. The zero-order valence-corrected chi connectivity index (χ0v) is 5.65. The van der Waals surface area contributed by atoms with Gasteiger partial charge in [0.1, 0.15) is 0 Å². The van der Waals surface area contributed by atoms with Crippen molar-refractivity contribution in [3.05, 3.63) is 0 Å². The minimum Gasteiger partial charge on any atom is -0.314 e. The van der Waals surface area contributed by atoms with Crippen LogP contribution in [0.1, 0.15) is 0 Å². The van der Waals surface area contributed by atoms with Gasteiger partial charge in [-0.25, -0.2) is 5.32 Å². The standard InChI is InChI=1S/C5H10ClN2/c1-7-5-3-8-2-4(5)6/h4-5,7H,2-3H2,1H3. The number of hydrogen-bond donors (Lipinski definition) is 1. The highest BCUT2D eigenvalue weighted by Crippen LogP contribution is 2.06. The van der Waals surface area contributed by atoms with Gasteiger partial charge in [-0.15, -0.1) is 11.6 Å². The van der Waals surface area contributed by atoms with Gasteiger partial charge in [0.25, 0.3) is 0 Å². The van der Waals surface area contributed by atoms with Crippen LogP contribution in [0.15, 0.2) is 0 Å². The summed E-state index contributed by atoms with van der Waals surface area (Å²) >= 11 is 5.82. The molecule has 0 bridgehead atoms. The summed E-state index contributed by atoms with van der Waals surface area (Å²) in [6.07, 6.45) is 0. The zero-order valence-electron chi connectivity index (χ0n) is 4.89. The highest BCUT2D eigenvalue weighted by atomic mass is 35.5. The Bertz CT molecular complexity index is 76.8. The van der Waals surface area contributed by atoms with E-state index in [1.165, 1.54) is 0 Å². The Kier molecular flexibility index (Phi) is 2.11. The average molecular weight is 134 g/mol. The number of nitrogens with zero attached hydrogens (tertiary/aromatic N) is 1. The molecule has 1 aliphatic heterocycles. The van der Waals surface area contributed by atoms with Crippen LogP contribution >= 0.6 is 11.6 Å². The van der Waals surface area contributed by atoms with Gasteiger partial charge in [-0.2, -0.15) is 0 Å². The van der Waals surface area contributed by atoms with E-state index in [2.05, 4.69) is 10.6 Å². The van der Waals surface area contributed by atoms with E-state index in [0.29, 0.717) is 6.04 Å². The molecule has 1 radical (unpaired) electrons. The molecule has 0 saturated carbocycles. The molecule has 0 amide bonds. The predicted molar refractivity (Wildman–Crippen MR) is 34.4 cm³/mol. The first-order chi connectivity index (χ1) is 3.84. The van der Waals surface area contributed by atoms with Gasteiger partial charge in [0.15, 0.2) is 0 Å². The first-order valence-corrected chi connectivity index (χ1v) is 3.23. The summed E-state index contributed by atoms with van der Waals surface area (Å²) < 4.78 is 0. The second kappa shape index (κ2) is 2.67. The quantitative estimate of drug-likeness (QED) is 0.493. The van der Waals surface area contributed by atoms with Crippen molar-refractivity contribution in [3.8, 4) is 0 Å². The molecule has 1 rings (SSSR count). The van der Waals surface area contributed by atoms with Gasteiger partial charge in [0.05, 0.1) is 5.38 Å². The van der Waals surface area contributed by atoms with E-state index in [0.717, 1.165) is 13.1 Å². The van der Waals surface area contributed by atoms with Crippen LogP contribution in [0, 0.1) is 0 Å². The maximum Gasteiger partial charge on any atom is 0.0643 e. The van der Waals surface area contributed by atoms with E-state index in [-0.39, 0.29) is 5.38 Å².